The molecular weight excluding hydrogens is 338 g/mol. The van der Waals surface area contributed by atoms with E-state index in [4.69, 9.17) is 5.73 Å². The summed E-state index contributed by atoms with van der Waals surface area (Å²) >= 11 is 3.25. The quantitative estimate of drug-likeness (QED) is 0.527. The summed E-state index contributed by atoms with van der Waals surface area (Å²) in [6.07, 6.45) is 3.83. The lowest BCUT2D eigenvalue weighted by molar-refractivity contribution is 0.102. The number of nitrogens with zero attached hydrogens (tertiary/aromatic N) is 1. The average molecular weight is 355 g/mol. The number of aromatic nitrogens is 1. The summed E-state index contributed by atoms with van der Waals surface area (Å²) in [7, 11) is 0. The molecule has 1 amide bonds. The number of hydrogen-bond acceptors (Lipinski definition) is 5. The van der Waals surface area contributed by atoms with Crippen LogP contribution in [0.5, 0.6) is 0 Å². The molecule has 3 N–H and O–H groups in total. The molecule has 122 valence electrons. The van der Waals surface area contributed by atoms with Gasteiger partial charge in [0.2, 0.25) is 0 Å². The van der Waals surface area contributed by atoms with Crippen LogP contribution in [0.15, 0.2) is 53.6 Å². The van der Waals surface area contributed by atoms with Crippen LogP contribution < -0.4 is 11.1 Å². The molecule has 0 aliphatic heterocycles. The number of hydrogen-bond donors (Lipinski definition) is 2. The second-order valence-electron chi connectivity index (χ2n) is 5.23. The number of nitrogens with two attached hydrogens (primary N) is 1. The highest BCUT2D eigenvalue weighted by atomic mass is 32.2. The van der Waals surface area contributed by atoms with Gasteiger partial charge in [-0.3, -0.25) is 4.79 Å². The number of thiazole rings is 1. The molecule has 1 heterocycles. The third kappa shape index (κ3) is 3.60. The minimum atomic E-state index is -0.174. The number of carbonyl (C=O) groups is 1. The fourth-order valence-electron chi connectivity index (χ4n) is 2.25. The molecule has 1 aromatic heterocycles. The predicted molar refractivity (Wildman–Crippen MR) is 103 cm³/mol. The van der Waals surface area contributed by atoms with Crippen molar-refractivity contribution in [2.75, 3.05) is 17.3 Å². The van der Waals surface area contributed by atoms with Crippen LogP contribution in [-0.2, 0) is 0 Å². The predicted octanol–water partition coefficient (Wildman–Crippen LogP) is 4.67. The molecule has 3 rings (SSSR count). The number of thioether (sulfide) groups is 1. The second kappa shape index (κ2) is 7.07. The van der Waals surface area contributed by atoms with Gasteiger partial charge in [0.25, 0.3) is 5.91 Å². The van der Waals surface area contributed by atoms with Gasteiger partial charge in [-0.2, -0.15) is 0 Å². The van der Waals surface area contributed by atoms with E-state index in [9.17, 15) is 4.79 Å². The first-order valence-corrected chi connectivity index (χ1v) is 9.38. The molecule has 0 aliphatic rings. The molecule has 0 fully saturated rings. The summed E-state index contributed by atoms with van der Waals surface area (Å²) in [6.45, 7) is 1.96. The summed E-state index contributed by atoms with van der Waals surface area (Å²) in [4.78, 5) is 18.9. The van der Waals surface area contributed by atoms with Gasteiger partial charge in [-0.05, 0) is 55.1 Å². The van der Waals surface area contributed by atoms with E-state index in [0.717, 1.165) is 20.3 Å². The van der Waals surface area contributed by atoms with Crippen molar-refractivity contribution in [1.82, 2.24) is 4.98 Å². The maximum Gasteiger partial charge on any atom is 0.255 e. The van der Waals surface area contributed by atoms with Crippen molar-refractivity contribution in [2.24, 2.45) is 0 Å². The molecule has 0 saturated carbocycles. The zero-order chi connectivity index (χ0) is 17.1. The van der Waals surface area contributed by atoms with Crippen LogP contribution in [0.3, 0.4) is 0 Å². The van der Waals surface area contributed by atoms with Gasteiger partial charge in [-0.1, -0.05) is 6.07 Å². The maximum absolute atomic E-state index is 12.4. The molecule has 0 radical (unpaired) electrons. The van der Waals surface area contributed by atoms with Crippen LogP contribution in [0.25, 0.3) is 10.4 Å². The molecule has 3 aromatic rings. The monoisotopic (exact) mass is 355 g/mol. The van der Waals surface area contributed by atoms with Crippen LogP contribution in [0.1, 0.15) is 15.4 Å². The number of aryl methyl sites for hydroxylation is 1. The number of nitrogen functional groups attached to an aromatic ring is 1. The Balaban J connectivity index is 1.84. The van der Waals surface area contributed by atoms with Crippen molar-refractivity contribution < 1.29 is 4.79 Å². The molecule has 0 aliphatic carbocycles. The van der Waals surface area contributed by atoms with E-state index in [1.165, 1.54) is 0 Å². The van der Waals surface area contributed by atoms with Gasteiger partial charge in [0.1, 0.15) is 0 Å². The number of amides is 1. The summed E-state index contributed by atoms with van der Waals surface area (Å²) in [5, 5.41) is 3.90. The Morgan fingerprint density at radius 1 is 1.21 bits per heavy atom. The Kier molecular flexibility index (Phi) is 4.87. The number of benzene rings is 2. The van der Waals surface area contributed by atoms with E-state index in [2.05, 4.69) is 10.3 Å². The highest BCUT2D eigenvalue weighted by Gasteiger charge is 2.10. The summed E-state index contributed by atoms with van der Waals surface area (Å²) in [5.41, 5.74) is 8.75. The van der Waals surface area contributed by atoms with Crippen molar-refractivity contribution >= 4 is 40.4 Å². The summed E-state index contributed by atoms with van der Waals surface area (Å²) < 4.78 is 0. The Labute approximate surface area is 149 Å². The minimum Gasteiger partial charge on any atom is -0.397 e. The van der Waals surface area contributed by atoms with Crippen molar-refractivity contribution in [1.29, 1.82) is 0 Å². The zero-order valence-corrected chi connectivity index (χ0v) is 15.0. The number of anilines is 2. The van der Waals surface area contributed by atoms with Crippen LogP contribution in [0, 0.1) is 6.92 Å². The third-order valence-corrected chi connectivity index (χ3v) is 5.26. The second-order valence-corrected chi connectivity index (χ2v) is 7.34. The highest BCUT2D eigenvalue weighted by molar-refractivity contribution is 7.98. The molecule has 0 atom stereocenters. The Morgan fingerprint density at radius 2 is 1.96 bits per heavy atom. The van der Waals surface area contributed by atoms with Gasteiger partial charge in [-0.15, -0.1) is 23.1 Å². The largest absolute Gasteiger partial charge is 0.397 e. The van der Waals surface area contributed by atoms with E-state index in [1.807, 2.05) is 55.8 Å². The Hall–Kier alpha value is -2.31. The first-order valence-electron chi connectivity index (χ1n) is 7.34. The van der Waals surface area contributed by atoms with E-state index in [-0.39, 0.29) is 5.91 Å². The highest BCUT2D eigenvalue weighted by Crippen LogP contribution is 2.31. The summed E-state index contributed by atoms with van der Waals surface area (Å²) in [6, 6.07) is 13.1. The third-order valence-electron chi connectivity index (χ3n) is 3.56. The van der Waals surface area contributed by atoms with Crippen molar-refractivity contribution in [2.45, 2.75) is 11.8 Å². The van der Waals surface area contributed by atoms with Crippen LogP contribution in [0.2, 0.25) is 0 Å². The van der Waals surface area contributed by atoms with Gasteiger partial charge in [-0.25, -0.2) is 4.98 Å². The lowest BCUT2D eigenvalue weighted by atomic mass is 10.1. The SMILES string of the molecule is CSc1ccc(C(=O)Nc2cc(-c3cnc(C)s3)ccc2N)cc1. The van der Waals surface area contributed by atoms with E-state index < -0.39 is 0 Å². The Bertz CT molecular complexity index is 872. The van der Waals surface area contributed by atoms with Gasteiger partial charge < -0.3 is 11.1 Å². The van der Waals surface area contributed by atoms with Crippen molar-refractivity contribution in [3.8, 4) is 10.4 Å². The fourth-order valence-corrected chi connectivity index (χ4v) is 3.43. The van der Waals surface area contributed by atoms with Crippen molar-refractivity contribution in [3.63, 3.8) is 0 Å². The summed E-state index contributed by atoms with van der Waals surface area (Å²) in [5.74, 6) is -0.174. The van der Waals surface area contributed by atoms with E-state index in [0.29, 0.717) is 16.9 Å². The lowest BCUT2D eigenvalue weighted by Crippen LogP contribution is -2.13. The van der Waals surface area contributed by atoms with E-state index >= 15 is 0 Å². The van der Waals surface area contributed by atoms with Gasteiger partial charge in [0.15, 0.2) is 0 Å². The Morgan fingerprint density at radius 3 is 2.58 bits per heavy atom. The van der Waals surface area contributed by atoms with Crippen LogP contribution in [-0.4, -0.2) is 17.1 Å². The number of rotatable bonds is 4. The molecule has 24 heavy (non-hydrogen) atoms. The molecule has 0 saturated heterocycles. The molecular formula is C18H17N3OS2. The smallest absolute Gasteiger partial charge is 0.255 e. The van der Waals surface area contributed by atoms with Gasteiger partial charge >= 0.3 is 0 Å². The zero-order valence-electron chi connectivity index (χ0n) is 13.4. The molecule has 4 nitrogen and oxygen atoms in total. The van der Waals surface area contributed by atoms with Crippen LogP contribution >= 0.6 is 23.1 Å². The number of nitrogens with one attached hydrogen (secondary N) is 1. The molecule has 2 aromatic carbocycles. The standard InChI is InChI=1S/C18H17N3OS2/c1-11-20-10-17(24-11)13-5-8-15(19)16(9-13)21-18(22)12-3-6-14(23-2)7-4-12/h3-10H,19H2,1-2H3,(H,21,22). The van der Waals surface area contributed by atoms with E-state index in [1.54, 1.807) is 29.2 Å². The van der Waals surface area contributed by atoms with Crippen molar-refractivity contribution in [3.05, 3.63) is 59.2 Å². The topological polar surface area (TPSA) is 68.0 Å². The maximum atomic E-state index is 12.4. The molecule has 6 heteroatoms. The van der Waals surface area contributed by atoms with Gasteiger partial charge in [0, 0.05) is 16.7 Å². The molecule has 0 spiro atoms. The van der Waals surface area contributed by atoms with Crippen LogP contribution in [0.4, 0.5) is 11.4 Å². The average Bonchev–Trinajstić information content (AvgIpc) is 3.03. The molecule has 0 unspecified atom stereocenters. The fraction of sp³-hybridized carbons (Fsp3) is 0.111. The first-order chi connectivity index (χ1) is 11.6. The number of carbonyl (C=O) groups excluding carboxylic acids is 1. The normalized spacial score (nSPS) is 10.6. The first kappa shape index (κ1) is 16.5. The lowest BCUT2D eigenvalue weighted by Gasteiger charge is -2.10. The molecule has 0 bridgehead atoms. The minimum absolute atomic E-state index is 0.174. The van der Waals surface area contributed by atoms with Gasteiger partial charge in [0.05, 0.1) is 21.3 Å².